The number of carbonyl (C=O) groups is 1. The van der Waals surface area contributed by atoms with E-state index in [0.717, 1.165) is 0 Å². The second-order valence-electron chi connectivity index (χ2n) is 5.55. The van der Waals surface area contributed by atoms with Crippen LogP contribution in [0.3, 0.4) is 0 Å². The number of hydrogen-bond acceptors (Lipinski definition) is 6. The Morgan fingerprint density at radius 1 is 1.12 bits per heavy atom. The smallest absolute Gasteiger partial charge is 0.348 e. The van der Waals surface area contributed by atoms with Crippen LogP contribution in [0.25, 0.3) is 5.69 Å². The number of aromatic amines is 1. The number of H-pyrrole nitrogens is 1. The molecule has 8 heteroatoms. The number of Topliss-reactive ketones (excluding diaryl/α,β-unsaturated/α-hetero) is 1. The molecule has 0 saturated heterocycles. The molecule has 26 heavy (non-hydrogen) atoms. The standard InChI is InChI=1S/C18H15N3O4S/c22-14(12-4-2-1-3-5-12)11-26-18-20-19-17(23)21(18)13-6-7-15-16(10-13)25-9-8-24-15/h1-7,10H,8-9,11H2,(H,19,23). The molecule has 0 aliphatic carbocycles. The summed E-state index contributed by atoms with van der Waals surface area (Å²) in [6, 6.07) is 14.3. The van der Waals surface area contributed by atoms with Gasteiger partial charge in [0.1, 0.15) is 13.2 Å². The van der Waals surface area contributed by atoms with Gasteiger partial charge in [0.2, 0.25) is 0 Å². The number of thioether (sulfide) groups is 1. The Morgan fingerprint density at radius 2 is 1.88 bits per heavy atom. The summed E-state index contributed by atoms with van der Waals surface area (Å²) in [6.45, 7) is 0.963. The SMILES string of the molecule is O=C(CSc1n[nH]c(=O)n1-c1ccc2c(c1)OCCO2)c1ccccc1. The van der Waals surface area contributed by atoms with Gasteiger partial charge in [-0.3, -0.25) is 4.79 Å². The monoisotopic (exact) mass is 369 g/mol. The third-order valence-corrected chi connectivity index (χ3v) is 4.79. The van der Waals surface area contributed by atoms with Crippen molar-refractivity contribution >= 4 is 17.5 Å². The number of nitrogens with one attached hydrogen (secondary N) is 1. The van der Waals surface area contributed by atoms with Gasteiger partial charge in [0, 0.05) is 11.6 Å². The number of ketones is 1. The summed E-state index contributed by atoms with van der Waals surface area (Å²) in [7, 11) is 0. The number of ether oxygens (including phenoxy) is 2. The summed E-state index contributed by atoms with van der Waals surface area (Å²) in [6.07, 6.45) is 0. The molecule has 0 amide bonds. The third-order valence-electron chi connectivity index (χ3n) is 3.85. The molecular formula is C18H15N3O4S. The molecule has 132 valence electrons. The zero-order valence-corrected chi connectivity index (χ0v) is 14.5. The van der Waals surface area contributed by atoms with Crippen LogP contribution in [-0.2, 0) is 0 Å². The first-order chi connectivity index (χ1) is 12.7. The van der Waals surface area contributed by atoms with Gasteiger partial charge in [0.25, 0.3) is 0 Å². The van der Waals surface area contributed by atoms with E-state index in [1.165, 1.54) is 16.3 Å². The lowest BCUT2D eigenvalue weighted by atomic mass is 10.2. The van der Waals surface area contributed by atoms with Gasteiger partial charge < -0.3 is 9.47 Å². The van der Waals surface area contributed by atoms with E-state index in [4.69, 9.17) is 9.47 Å². The highest BCUT2D eigenvalue weighted by Gasteiger charge is 2.17. The molecule has 1 aromatic heterocycles. The number of hydrogen-bond donors (Lipinski definition) is 1. The van der Waals surface area contributed by atoms with E-state index in [1.807, 2.05) is 18.2 Å². The van der Waals surface area contributed by atoms with E-state index in [1.54, 1.807) is 30.3 Å². The van der Waals surface area contributed by atoms with Crippen molar-refractivity contribution in [3.05, 3.63) is 64.6 Å². The van der Waals surface area contributed by atoms with Crippen LogP contribution < -0.4 is 15.2 Å². The van der Waals surface area contributed by atoms with Gasteiger partial charge in [0.05, 0.1) is 11.4 Å². The Morgan fingerprint density at radius 3 is 2.69 bits per heavy atom. The average Bonchev–Trinajstić information content (AvgIpc) is 3.07. The minimum Gasteiger partial charge on any atom is -0.486 e. The highest BCUT2D eigenvalue weighted by atomic mass is 32.2. The highest BCUT2D eigenvalue weighted by Crippen LogP contribution is 2.32. The lowest BCUT2D eigenvalue weighted by molar-refractivity contribution is 0.102. The van der Waals surface area contributed by atoms with E-state index in [2.05, 4.69) is 10.2 Å². The molecule has 1 aliphatic rings. The number of carbonyl (C=O) groups excluding carboxylic acids is 1. The predicted molar refractivity (Wildman–Crippen MR) is 96.7 cm³/mol. The summed E-state index contributed by atoms with van der Waals surface area (Å²) in [4.78, 5) is 24.5. The Bertz CT molecular complexity index is 997. The molecule has 0 radical (unpaired) electrons. The number of benzene rings is 2. The van der Waals surface area contributed by atoms with Crippen molar-refractivity contribution in [1.29, 1.82) is 0 Å². The molecular weight excluding hydrogens is 354 g/mol. The zero-order chi connectivity index (χ0) is 17.9. The van der Waals surface area contributed by atoms with Crippen molar-refractivity contribution in [1.82, 2.24) is 14.8 Å². The quantitative estimate of drug-likeness (QED) is 0.549. The lowest BCUT2D eigenvalue weighted by Crippen LogP contribution is -2.18. The maximum atomic E-state index is 12.3. The van der Waals surface area contributed by atoms with Gasteiger partial charge in [-0.25, -0.2) is 14.5 Å². The number of fused-ring (bicyclic) bond motifs is 1. The molecule has 0 atom stereocenters. The van der Waals surface area contributed by atoms with Crippen LogP contribution in [0, 0.1) is 0 Å². The molecule has 1 aliphatic heterocycles. The van der Waals surface area contributed by atoms with Crippen molar-refractivity contribution in [2.75, 3.05) is 19.0 Å². The highest BCUT2D eigenvalue weighted by molar-refractivity contribution is 7.99. The molecule has 0 bridgehead atoms. The number of rotatable bonds is 5. The summed E-state index contributed by atoms with van der Waals surface area (Å²) in [5, 5.41) is 6.88. The lowest BCUT2D eigenvalue weighted by Gasteiger charge is -2.19. The van der Waals surface area contributed by atoms with Crippen LogP contribution in [-0.4, -0.2) is 39.5 Å². The number of aromatic nitrogens is 3. The summed E-state index contributed by atoms with van der Waals surface area (Å²) in [5.41, 5.74) is 0.850. The van der Waals surface area contributed by atoms with Crippen molar-refractivity contribution < 1.29 is 14.3 Å². The van der Waals surface area contributed by atoms with Gasteiger partial charge in [-0.1, -0.05) is 42.1 Å². The Hall–Kier alpha value is -3.00. The van der Waals surface area contributed by atoms with Crippen molar-refractivity contribution in [3.8, 4) is 17.2 Å². The summed E-state index contributed by atoms with van der Waals surface area (Å²) < 4.78 is 12.5. The minimum absolute atomic E-state index is 0.0280. The largest absolute Gasteiger partial charge is 0.486 e. The van der Waals surface area contributed by atoms with E-state index in [9.17, 15) is 9.59 Å². The van der Waals surface area contributed by atoms with E-state index < -0.39 is 0 Å². The van der Waals surface area contributed by atoms with Crippen molar-refractivity contribution in [2.24, 2.45) is 0 Å². The van der Waals surface area contributed by atoms with Crippen molar-refractivity contribution in [2.45, 2.75) is 5.16 Å². The van der Waals surface area contributed by atoms with E-state index >= 15 is 0 Å². The van der Waals surface area contributed by atoms with Crippen LogP contribution in [0.5, 0.6) is 11.5 Å². The van der Waals surface area contributed by atoms with E-state index in [0.29, 0.717) is 41.1 Å². The van der Waals surface area contributed by atoms with Crippen LogP contribution in [0.15, 0.2) is 58.5 Å². The molecule has 7 nitrogen and oxygen atoms in total. The fourth-order valence-corrected chi connectivity index (χ4v) is 3.47. The van der Waals surface area contributed by atoms with Gasteiger partial charge in [-0.2, -0.15) is 0 Å². The molecule has 2 aromatic carbocycles. The third kappa shape index (κ3) is 3.23. The first kappa shape index (κ1) is 16.5. The fraction of sp³-hybridized carbons (Fsp3) is 0.167. The van der Waals surface area contributed by atoms with Gasteiger partial charge >= 0.3 is 5.69 Å². The van der Waals surface area contributed by atoms with E-state index in [-0.39, 0.29) is 17.2 Å². The first-order valence-corrected chi connectivity index (χ1v) is 8.99. The zero-order valence-electron chi connectivity index (χ0n) is 13.7. The normalized spacial score (nSPS) is 12.8. The second kappa shape index (κ2) is 7.09. The van der Waals surface area contributed by atoms with Crippen LogP contribution in [0.1, 0.15) is 10.4 Å². The Kier molecular flexibility index (Phi) is 4.49. The van der Waals surface area contributed by atoms with Crippen LogP contribution in [0.4, 0.5) is 0 Å². The molecule has 0 saturated carbocycles. The Balaban J connectivity index is 1.58. The number of nitrogens with zero attached hydrogens (tertiary/aromatic N) is 2. The Labute approximate surface area is 152 Å². The molecule has 0 unspecified atom stereocenters. The topological polar surface area (TPSA) is 86.2 Å². The summed E-state index contributed by atoms with van der Waals surface area (Å²) in [5.74, 6) is 1.38. The molecule has 3 aromatic rings. The second-order valence-corrected chi connectivity index (χ2v) is 6.50. The first-order valence-electron chi connectivity index (χ1n) is 8.01. The van der Waals surface area contributed by atoms with Gasteiger partial charge in [-0.05, 0) is 12.1 Å². The van der Waals surface area contributed by atoms with Crippen LogP contribution in [0.2, 0.25) is 0 Å². The van der Waals surface area contributed by atoms with Gasteiger partial charge in [-0.15, -0.1) is 5.10 Å². The molecule has 1 N–H and O–H groups in total. The average molecular weight is 369 g/mol. The summed E-state index contributed by atoms with van der Waals surface area (Å²) >= 11 is 1.20. The fourth-order valence-electron chi connectivity index (χ4n) is 2.62. The molecule has 2 heterocycles. The van der Waals surface area contributed by atoms with Crippen molar-refractivity contribution in [3.63, 3.8) is 0 Å². The maximum absolute atomic E-state index is 12.3. The molecule has 0 spiro atoms. The molecule has 4 rings (SSSR count). The van der Waals surface area contributed by atoms with Gasteiger partial charge in [0.15, 0.2) is 22.4 Å². The molecule has 0 fully saturated rings. The minimum atomic E-state index is -0.378. The van der Waals surface area contributed by atoms with Crippen LogP contribution >= 0.6 is 11.8 Å². The maximum Gasteiger partial charge on any atom is 0.348 e. The predicted octanol–water partition coefficient (Wildman–Crippen LogP) is 2.31.